The van der Waals surface area contributed by atoms with E-state index in [4.69, 9.17) is 4.98 Å². The van der Waals surface area contributed by atoms with Crippen molar-refractivity contribution in [1.82, 2.24) is 9.55 Å². The average Bonchev–Trinajstić information content (AvgIpc) is 3.52. The summed E-state index contributed by atoms with van der Waals surface area (Å²) in [7, 11) is 0. The first-order valence-corrected chi connectivity index (χ1v) is 13.4. The summed E-state index contributed by atoms with van der Waals surface area (Å²) in [6, 6.07) is 46.1. The molecule has 2 heterocycles. The highest BCUT2D eigenvalue weighted by atomic mass is 15.0. The zero-order chi connectivity index (χ0) is 25.5. The molecule has 0 fully saturated rings. The third kappa shape index (κ3) is 2.78. The third-order valence-electron chi connectivity index (χ3n) is 8.38. The molecule has 0 saturated heterocycles. The van der Waals surface area contributed by atoms with Crippen LogP contribution in [0.25, 0.3) is 82.5 Å². The first-order valence-electron chi connectivity index (χ1n) is 13.4. The SMILES string of the molecule is c1ccc(-n2c3ccc(-c4ccc5c6c(cccc46)-c4ccccc4-5)cc3c3c4ccccc4ncc32)cc1. The maximum atomic E-state index is 4.84. The van der Waals surface area contributed by atoms with Gasteiger partial charge in [-0.15, -0.1) is 0 Å². The molecule has 180 valence electrons. The van der Waals surface area contributed by atoms with Crippen molar-refractivity contribution in [3.63, 3.8) is 0 Å². The van der Waals surface area contributed by atoms with Crippen molar-refractivity contribution in [3.8, 4) is 39.1 Å². The van der Waals surface area contributed by atoms with E-state index in [1.54, 1.807) is 0 Å². The van der Waals surface area contributed by atoms with Crippen molar-refractivity contribution in [2.24, 2.45) is 0 Å². The molecule has 1 aliphatic rings. The van der Waals surface area contributed by atoms with Crippen LogP contribution in [-0.4, -0.2) is 9.55 Å². The molecular weight excluding hydrogens is 472 g/mol. The number of hydrogen-bond acceptors (Lipinski definition) is 1. The lowest BCUT2D eigenvalue weighted by Crippen LogP contribution is -1.93. The highest BCUT2D eigenvalue weighted by Gasteiger charge is 2.23. The Balaban J connectivity index is 1.37. The van der Waals surface area contributed by atoms with Crippen molar-refractivity contribution in [2.45, 2.75) is 0 Å². The molecule has 2 heteroatoms. The van der Waals surface area contributed by atoms with Crippen LogP contribution in [0.1, 0.15) is 0 Å². The monoisotopic (exact) mass is 494 g/mol. The summed E-state index contributed by atoms with van der Waals surface area (Å²) in [6.07, 6.45) is 2.03. The lowest BCUT2D eigenvalue weighted by molar-refractivity contribution is 1.17. The van der Waals surface area contributed by atoms with Gasteiger partial charge in [0.05, 0.1) is 22.7 Å². The van der Waals surface area contributed by atoms with Gasteiger partial charge in [-0.05, 0) is 74.5 Å². The first-order chi connectivity index (χ1) is 19.4. The van der Waals surface area contributed by atoms with Crippen molar-refractivity contribution < 1.29 is 0 Å². The summed E-state index contributed by atoms with van der Waals surface area (Å²) in [5, 5.41) is 6.34. The molecule has 0 amide bonds. The molecule has 0 bridgehead atoms. The van der Waals surface area contributed by atoms with Crippen molar-refractivity contribution in [3.05, 3.63) is 134 Å². The fraction of sp³-hybridized carbons (Fsp3) is 0. The summed E-state index contributed by atoms with van der Waals surface area (Å²) in [4.78, 5) is 4.84. The van der Waals surface area contributed by atoms with Crippen LogP contribution in [-0.2, 0) is 0 Å². The molecule has 0 atom stereocenters. The number of pyridine rings is 1. The minimum Gasteiger partial charge on any atom is -0.308 e. The normalized spacial score (nSPS) is 12.1. The van der Waals surface area contributed by atoms with Gasteiger partial charge < -0.3 is 4.57 Å². The predicted octanol–water partition coefficient (Wildman–Crippen LogP) is 9.80. The van der Waals surface area contributed by atoms with E-state index in [0.717, 1.165) is 16.7 Å². The summed E-state index contributed by atoms with van der Waals surface area (Å²) in [5.41, 5.74) is 12.3. The lowest BCUT2D eigenvalue weighted by Gasteiger charge is -2.11. The van der Waals surface area contributed by atoms with Gasteiger partial charge in [0, 0.05) is 21.8 Å². The van der Waals surface area contributed by atoms with Gasteiger partial charge in [0.15, 0.2) is 0 Å². The summed E-state index contributed by atoms with van der Waals surface area (Å²) >= 11 is 0. The molecule has 0 unspecified atom stereocenters. The molecule has 0 saturated carbocycles. The number of nitrogens with zero attached hydrogens (tertiary/aromatic N) is 2. The van der Waals surface area contributed by atoms with Gasteiger partial charge in [0.1, 0.15) is 0 Å². The fourth-order valence-corrected chi connectivity index (χ4v) is 6.73. The Labute approximate surface area is 225 Å². The lowest BCUT2D eigenvalue weighted by atomic mass is 9.93. The number of benzene rings is 6. The highest BCUT2D eigenvalue weighted by Crippen LogP contribution is 2.49. The number of aromatic nitrogens is 2. The van der Waals surface area contributed by atoms with E-state index in [0.29, 0.717) is 0 Å². The van der Waals surface area contributed by atoms with Gasteiger partial charge in [-0.25, -0.2) is 0 Å². The van der Waals surface area contributed by atoms with E-state index in [9.17, 15) is 0 Å². The molecule has 1 aliphatic carbocycles. The number of hydrogen-bond donors (Lipinski definition) is 0. The standard InChI is InChI=1S/C37H22N2/c1-2-9-24(10-3-1)39-34-20-17-23(21-32(34)37-31-13-6-7-16-33(31)38-22-35(37)39)25-18-19-30-27-12-5-4-11-26(27)29-15-8-14-28(25)36(29)30/h1-22H. The summed E-state index contributed by atoms with van der Waals surface area (Å²) in [6.45, 7) is 0. The van der Waals surface area contributed by atoms with Crippen LogP contribution in [0.15, 0.2) is 134 Å². The molecule has 0 aliphatic heterocycles. The Morgan fingerprint density at radius 3 is 2.00 bits per heavy atom. The molecule has 0 radical (unpaired) electrons. The Kier molecular flexibility index (Phi) is 4.08. The number of fused-ring (bicyclic) bond motifs is 8. The highest BCUT2D eigenvalue weighted by molar-refractivity contribution is 6.22. The van der Waals surface area contributed by atoms with Crippen molar-refractivity contribution in [1.29, 1.82) is 0 Å². The molecule has 2 aromatic heterocycles. The van der Waals surface area contributed by atoms with Gasteiger partial charge in [-0.2, -0.15) is 0 Å². The fourth-order valence-electron chi connectivity index (χ4n) is 6.73. The molecular formula is C37H22N2. The van der Waals surface area contributed by atoms with E-state index in [1.807, 2.05) is 6.20 Å². The second-order valence-corrected chi connectivity index (χ2v) is 10.4. The Hall–Kier alpha value is -5.21. The third-order valence-corrected chi connectivity index (χ3v) is 8.38. The van der Waals surface area contributed by atoms with Crippen LogP contribution in [0.4, 0.5) is 0 Å². The molecule has 6 aromatic carbocycles. The van der Waals surface area contributed by atoms with Crippen LogP contribution in [0.3, 0.4) is 0 Å². The number of rotatable bonds is 2. The van der Waals surface area contributed by atoms with Crippen molar-refractivity contribution in [2.75, 3.05) is 0 Å². The summed E-state index contributed by atoms with van der Waals surface area (Å²) in [5.74, 6) is 0. The van der Waals surface area contributed by atoms with Gasteiger partial charge in [0.2, 0.25) is 0 Å². The maximum absolute atomic E-state index is 4.84. The van der Waals surface area contributed by atoms with E-state index in [-0.39, 0.29) is 0 Å². The van der Waals surface area contributed by atoms with Gasteiger partial charge in [-0.1, -0.05) is 97.1 Å². The molecule has 0 spiro atoms. The van der Waals surface area contributed by atoms with E-state index in [1.165, 1.54) is 65.8 Å². The topological polar surface area (TPSA) is 17.8 Å². The van der Waals surface area contributed by atoms with Crippen LogP contribution < -0.4 is 0 Å². The minimum atomic E-state index is 1.02. The second kappa shape index (κ2) is 7.66. The molecule has 0 N–H and O–H groups in total. The molecule has 39 heavy (non-hydrogen) atoms. The molecule has 2 nitrogen and oxygen atoms in total. The van der Waals surface area contributed by atoms with Crippen LogP contribution in [0.5, 0.6) is 0 Å². The smallest absolute Gasteiger partial charge is 0.0730 e. The predicted molar refractivity (Wildman–Crippen MR) is 163 cm³/mol. The second-order valence-electron chi connectivity index (χ2n) is 10.4. The zero-order valence-electron chi connectivity index (χ0n) is 21.1. The maximum Gasteiger partial charge on any atom is 0.0730 e. The zero-order valence-corrected chi connectivity index (χ0v) is 21.1. The Morgan fingerprint density at radius 1 is 0.436 bits per heavy atom. The van der Waals surface area contributed by atoms with Gasteiger partial charge in [-0.3, -0.25) is 4.98 Å². The van der Waals surface area contributed by atoms with Gasteiger partial charge >= 0.3 is 0 Å². The van der Waals surface area contributed by atoms with Crippen LogP contribution >= 0.6 is 0 Å². The Bertz CT molecular complexity index is 2240. The van der Waals surface area contributed by atoms with Crippen LogP contribution in [0.2, 0.25) is 0 Å². The number of para-hydroxylation sites is 2. The van der Waals surface area contributed by atoms with Gasteiger partial charge in [0.25, 0.3) is 0 Å². The largest absolute Gasteiger partial charge is 0.308 e. The Morgan fingerprint density at radius 2 is 1.13 bits per heavy atom. The molecule has 8 aromatic rings. The van der Waals surface area contributed by atoms with Crippen molar-refractivity contribution >= 4 is 43.5 Å². The molecule has 9 rings (SSSR count). The van der Waals surface area contributed by atoms with E-state index >= 15 is 0 Å². The minimum absolute atomic E-state index is 1.02. The van der Waals surface area contributed by atoms with Crippen LogP contribution in [0, 0.1) is 0 Å². The summed E-state index contributed by atoms with van der Waals surface area (Å²) < 4.78 is 2.35. The average molecular weight is 495 g/mol. The van der Waals surface area contributed by atoms with E-state index in [2.05, 4.69) is 132 Å². The van der Waals surface area contributed by atoms with E-state index < -0.39 is 0 Å². The quantitative estimate of drug-likeness (QED) is 0.234. The first kappa shape index (κ1) is 20.8.